The van der Waals surface area contributed by atoms with Crippen LogP contribution in [0, 0.1) is 6.92 Å². The van der Waals surface area contributed by atoms with Crippen molar-refractivity contribution < 1.29 is 18.0 Å². The molecular weight excluding hydrogens is 569 g/mol. The molecule has 0 aromatic heterocycles. The number of sulfonamides is 1. The zero-order valence-electron chi connectivity index (χ0n) is 23.3. The number of halogens is 2. The molecule has 1 unspecified atom stereocenters. The molecule has 0 aliphatic heterocycles. The van der Waals surface area contributed by atoms with Gasteiger partial charge in [-0.1, -0.05) is 71.7 Å². The summed E-state index contributed by atoms with van der Waals surface area (Å²) in [6.07, 6.45) is 1.27. The molecule has 0 saturated carbocycles. The first-order valence-electron chi connectivity index (χ1n) is 12.8. The summed E-state index contributed by atoms with van der Waals surface area (Å²) in [7, 11) is -3.89. The molecule has 3 aromatic rings. The van der Waals surface area contributed by atoms with Crippen LogP contribution in [-0.4, -0.2) is 49.5 Å². The molecule has 10 heteroatoms. The molecule has 2 amide bonds. The highest BCUT2D eigenvalue weighted by molar-refractivity contribution is 7.92. The van der Waals surface area contributed by atoms with E-state index in [1.54, 1.807) is 43.3 Å². The Morgan fingerprint density at radius 1 is 0.900 bits per heavy atom. The number of anilines is 1. The van der Waals surface area contributed by atoms with Crippen LogP contribution >= 0.6 is 23.2 Å². The number of rotatable bonds is 10. The van der Waals surface area contributed by atoms with Crippen LogP contribution in [0.1, 0.15) is 37.5 Å². The van der Waals surface area contributed by atoms with E-state index in [2.05, 4.69) is 5.32 Å². The zero-order chi connectivity index (χ0) is 29.7. The van der Waals surface area contributed by atoms with Crippen LogP contribution in [0.2, 0.25) is 10.0 Å². The highest BCUT2D eigenvalue weighted by Crippen LogP contribution is 2.27. The Morgan fingerprint density at radius 3 is 2.08 bits per heavy atom. The standard InChI is InChI=1S/C30H35Cl2N3O4S/c1-21-11-14-25(32)18-26(21)35(40(5,38)39)20-28(36)34(19-23-12-15-24(31)16-13-23)27(29(37)33-30(2,3)4)17-22-9-7-6-8-10-22/h6-16,18,27H,17,19-20H2,1-5H3,(H,33,37). The van der Waals surface area contributed by atoms with Gasteiger partial charge < -0.3 is 10.2 Å². The Kier molecular flexibility index (Phi) is 10.3. The van der Waals surface area contributed by atoms with E-state index < -0.39 is 34.1 Å². The number of carbonyl (C=O) groups is 2. The maximum absolute atomic E-state index is 14.1. The van der Waals surface area contributed by atoms with Gasteiger partial charge in [-0.2, -0.15) is 0 Å². The van der Waals surface area contributed by atoms with Crippen LogP contribution in [0.4, 0.5) is 5.69 Å². The molecule has 40 heavy (non-hydrogen) atoms. The Bertz CT molecular complexity index is 1440. The third-order valence-electron chi connectivity index (χ3n) is 6.15. The Labute approximate surface area is 247 Å². The second-order valence-corrected chi connectivity index (χ2v) is 13.6. The maximum Gasteiger partial charge on any atom is 0.244 e. The topological polar surface area (TPSA) is 86.8 Å². The van der Waals surface area contributed by atoms with Gasteiger partial charge in [-0.15, -0.1) is 0 Å². The summed E-state index contributed by atoms with van der Waals surface area (Å²) in [5, 5.41) is 3.87. The molecule has 0 aliphatic carbocycles. The number of carbonyl (C=O) groups excluding carboxylic acids is 2. The van der Waals surface area contributed by atoms with Gasteiger partial charge in [-0.3, -0.25) is 13.9 Å². The van der Waals surface area contributed by atoms with Gasteiger partial charge in [0.25, 0.3) is 0 Å². The van der Waals surface area contributed by atoms with Crippen LogP contribution in [0.15, 0.2) is 72.8 Å². The average Bonchev–Trinajstić information content (AvgIpc) is 2.86. The summed E-state index contributed by atoms with van der Waals surface area (Å²) in [6.45, 7) is 6.89. The summed E-state index contributed by atoms with van der Waals surface area (Å²) in [5.74, 6) is -0.881. The number of aryl methyl sites for hydroxylation is 1. The number of nitrogens with zero attached hydrogens (tertiary/aromatic N) is 2. The predicted octanol–water partition coefficient (Wildman–Crippen LogP) is 5.62. The fourth-order valence-corrected chi connectivity index (χ4v) is 5.43. The van der Waals surface area contributed by atoms with Gasteiger partial charge in [0.2, 0.25) is 21.8 Å². The highest BCUT2D eigenvalue weighted by atomic mass is 35.5. The molecule has 0 spiro atoms. The Balaban J connectivity index is 2.09. The fraction of sp³-hybridized carbons (Fsp3) is 0.333. The second kappa shape index (κ2) is 13.1. The van der Waals surface area contributed by atoms with Gasteiger partial charge in [0.15, 0.2) is 0 Å². The lowest BCUT2D eigenvalue weighted by molar-refractivity contribution is -0.140. The first-order valence-corrected chi connectivity index (χ1v) is 15.4. The fourth-order valence-electron chi connectivity index (χ4n) is 4.24. The molecule has 0 bridgehead atoms. The highest BCUT2D eigenvalue weighted by Gasteiger charge is 2.34. The molecule has 0 fully saturated rings. The molecule has 0 heterocycles. The number of hydrogen-bond donors (Lipinski definition) is 1. The molecule has 0 radical (unpaired) electrons. The van der Waals surface area contributed by atoms with E-state index in [1.807, 2.05) is 51.1 Å². The number of benzene rings is 3. The summed E-state index contributed by atoms with van der Waals surface area (Å²) in [4.78, 5) is 29.3. The minimum absolute atomic E-state index is 0.0667. The summed E-state index contributed by atoms with van der Waals surface area (Å²) in [6, 6.07) is 20.3. The number of amides is 2. The molecule has 0 saturated heterocycles. The van der Waals surface area contributed by atoms with Crippen molar-refractivity contribution in [2.45, 2.75) is 52.2 Å². The molecule has 3 rings (SSSR count). The third-order valence-corrected chi connectivity index (χ3v) is 7.77. The normalized spacial score (nSPS) is 12.5. The lowest BCUT2D eigenvalue weighted by atomic mass is 10.0. The van der Waals surface area contributed by atoms with E-state index >= 15 is 0 Å². The minimum atomic E-state index is -3.89. The van der Waals surface area contributed by atoms with Crippen LogP contribution in [0.5, 0.6) is 0 Å². The van der Waals surface area contributed by atoms with E-state index in [-0.39, 0.29) is 18.9 Å². The second-order valence-electron chi connectivity index (χ2n) is 10.8. The number of hydrogen-bond acceptors (Lipinski definition) is 4. The van der Waals surface area contributed by atoms with Gasteiger partial charge in [0.1, 0.15) is 12.6 Å². The Hall–Kier alpha value is -3.07. The van der Waals surface area contributed by atoms with Crippen molar-refractivity contribution in [1.29, 1.82) is 0 Å². The first-order chi connectivity index (χ1) is 18.6. The molecule has 7 nitrogen and oxygen atoms in total. The van der Waals surface area contributed by atoms with E-state index in [1.165, 1.54) is 11.0 Å². The van der Waals surface area contributed by atoms with Crippen molar-refractivity contribution in [2.24, 2.45) is 0 Å². The quantitative estimate of drug-likeness (QED) is 0.326. The Morgan fingerprint density at radius 2 is 1.50 bits per heavy atom. The largest absolute Gasteiger partial charge is 0.350 e. The van der Waals surface area contributed by atoms with Crippen LogP contribution in [-0.2, 0) is 32.6 Å². The van der Waals surface area contributed by atoms with Crippen LogP contribution in [0.3, 0.4) is 0 Å². The van der Waals surface area contributed by atoms with E-state index in [4.69, 9.17) is 23.2 Å². The van der Waals surface area contributed by atoms with E-state index in [9.17, 15) is 18.0 Å². The smallest absolute Gasteiger partial charge is 0.244 e. The van der Waals surface area contributed by atoms with Gasteiger partial charge >= 0.3 is 0 Å². The van der Waals surface area contributed by atoms with Gasteiger partial charge in [-0.25, -0.2) is 8.42 Å². The lowest BCUT2D eigenvalue weighted by Gasteiger charge is -2.35. The van der Waals surface area contributed by atoms with Crippen molar-refractivity contribution in [3.63, 3.8) is 0 Å². The minimum Gasteiger partial charge on any atom is -0.350 e. The molecule has 214 valence electrons. The zero-order valence-corrected chi connectivity index (χ0v) is 25.6. The predicted molar refractivity (Wildman–Crippen MR) is 162 cm³/mol. The van der Waals surface area contributed by atoms with Gasteiger partial charge in [-0.05, 0) is 68.7 Å². The van der Waals surface area contributed by atoms with E-state index in [0.29, 0.717) is 21.3 Å². The van der Waals surface area contributed by atoms with Crippen molar-refractivity contribution in [2.75, 3.05) is 17.1 Å². The summed E-state index contributed by atoms with van der Waals surface area (Å²) in [5.41, 5.74) is 1.98. The van der Waals surface area contributed by atoms with Gasteiger partial charge in [0, 0.05) is 28.5 Å². The molecular formula is C30H35Cl2N3O4S. The number of nitrogens with one attached hydrogen (secondary N) is 1. The van der Waals surface area contributed by atoms with Crippen LogP contribution < -0.4 is 9.62 Å². The summed E-state index contributed by atoms with van der Waals surface area (Å²) < 4.78 is 26.9. The molecule has 1 N–H and O–H groups in total. The summed E-state index contributed by atoms with van der Waals surface area (Å²) >= 11 is 12.3. The molecule has 0 aliphatic rings. The maximum atomic E-state index is 14.1. The van der Waals surface area contributed by atoms with Crippen molar-refractivity contribution in [3.05, 3.63) is 99.5 Å². The SMILES string of the molecule is Cc1ccc(Cl)cc1N(CC(=O)N(Cc1ccc(Cl)cc1)C(Cc1ccccc1)C(=O)NC(C)(C)C)S(C)(=O)=O. The molecule has 1 atom stereocenters. The van der Waals surface area contributed by atoms with Gasteiger partial charge in [0.05, 0.1) is 11.9 Å². The van der Waals surface area contributed by atoms with E-state index in [0.717, 1.165) is 21.7 Å². The lowest BCUT2D eigenvalue weighted by Crippen LogP contribution is -2.56. The first kappa shape index (κ1) is 31.5. The van der Waals surface area contributed by atoms with Crippen molar-refractivity contribution in [3.8, 4) is 0 Å². The van der Waals surface area contributed by atoms with Crippen molar-refractivity contribution >= 4 is 50.7 Å². The van der Waals surface area contributed by atoms with Crippen LogP contribution in [0.25, 0.3) is 0 Å². The van der Waals surface area contributed by atoms with Crippen molar-refractivity contribution in [1.82, 2.24) is 10.2 Å². The molecule has 3 aromatic carbocycles. The average molecular weight is 605 g/mol. The third kappa shape index (κ3) is 8.98. The monoisotopic (exact) mass is 603 g/mol.